The van der Waals surface area contributed by atoms with Crippen LogP contribution in [0.15, 0.2) is 23.4 Å². The third kappa shape index (κ3) is 1.60. The van der Waals surface area contributed by atoms with E-state index in [0.29, 0.717) is 12.1 Å². The molecule has 4 heteroatoms. The van der Waals surface area contributed by atoms with Crippen LogP contribution in [-0.2, 0) is 9.59 Å². The number of allylic oxidation sites excluding steroid dienone is 3. The van der Waals surface area contributed by atoms with Crippen LogP contribution in [-0.4, -0.2) is 30.6 Å². The summed E-state index contributed by atoms with van der Waals surface area (Å²) < 4.78 is 0. The molecule has 0 fully saturated rings. The molecule has 0 spiro atoms. The summed E-state index contributed by atoms with van der Waals surface area (Å²) in [7, 11) is 3.39. The Morgan fingerprint density at radius 3 is 2.36 bits per heavy atom. The molecule has 1 aliphatic rings. The minimum absolute atomic E-state index is 0.0480. The Labute approximate surface area is 88.0 Å². The van der Waals surface area contributed by atoms with E-state index in [0.717, 1.165) is 0 Å². The highest BCUT2D eigenvalue weighted by atomic mass is 35.5. The van der Waals surface area contributed by atoms with E-state index in [9.17, 15) is 9.59 Å². The zero-order chi connectivity index (χ0) is 10.9. The summed E-state index contributed by atoms with van der Waals surface area (Å²) >= 11 is 5.78. The number of carbonyl (C=O) groups is 2. The van der Waals surface area contributed by atoms with Crippen molar-refractivity contribution in [1.29, 1.82) is 0 Å². The lowest BCUT2D eigenvalue weighted by Gasteiger charge is -2.12. The number of halogens is 1. The van der Waals surface area contributed by atoms with Crippen molar-refractivity contribution in [1.82, 2.24) is 4.90 Å². The molecule has 76 valence electrons. The van der Waals surface area contributed by atoms with Gasteiger partial charge in [-0.25, -0.2) is 0 Å². The van der Waals surface area contributed by atoms with Crippen LogP contribution in [0.4, 0.5) is 0 Å². The smallest absolute Gasteiger partial charge is 0.191 e. The maximum absolute atomic E-state index is 11.7. The van der Waals surface area contributed by atoms with E-state index in [1.165, 1.54) is 0 Å². The molecule has 0 aromatic carbocycles. The van der Waals surface area contributed by atoms with E-state index >= 15 is 0 Å². The predicted octanol–water partition coefficient (Wildman–Crippen LogP) is 1.34. The second kappa shape index (κ2) is 3.96. The Morgan fingerprint density at radius 2 is 2.00 bits per heavy atom. The van der Waals surface area contributed by atoms with Crippen LogP contribution in [0.5, 0.6) is 0 Å². The lowest BCUT2D eigenvalue weighted by molar-refractivity contribution is -0.126. The van der Waals surface area contributed by atoms with Crippen LogP contribution in [0, 0.1) is 5.92 Å². The molecule has 0 bridgehead atoms. The average Bonchev–Trinajstić information content (AvgIpc) is 2.30. The van der Waals surface area contributed by atoms with Gasteiger partial charge in [0.15, 0.2) is 11.6 Å². The van der Waals surface area contributed by atoms with Gasteiger partial charge in [-0.3, -0.25) is 9.59 Å². The van der Waals surface area contributed by atoms with Crippen LogP contribution in [0.3, 0.4) is 0 Å². The number of ketones is 2. The highest BCUT2D eigenvalue weighted by Gasteiger charge is 2.40. The molecule has 0 aromatic rings. The third-order valence-corrected chi connectivity index (χ3v) is 2.51. The number of nitrogens with zero attached hydrogens (tertiary/aromatic N) is 1. The third-order valence-electron chi connectivity index (χ3n) is 2.14. The molecule has 0 N–H and O–H groups in total. The fraction of sp³-hybridized carbons (Fsp3) is 0.400. The first-order valence-corrected chi connectivity index (χ1v) is 4.65. The molecule has 0 aromatic heterocycles. The highest BCUT2D eigenvalue weighted by molar-refractivity contribution is 6.49. The largest absolute Gasteiger partial charge is 0.373 e. The van der Waals surface area contributed by atoms with Gasteiger partial charge in [-0.05, 0) is 6.42 Å². The molecule has 0 aliphatic heterocycles. The molecule has 0 saturated carbocycles. The topological polar surface area (TPSA) is 37.4 Å². The SMILES string of the molecule is C=CC[C@@H]1C(=O)C(Cl)=C(N(C)C)C1=O. The van der Waals surface area contributed by atoms with Crippen molar-refractivity contribution in [3.63, 3.8) is 0 Å². The van der Waals surface area contributed by atoms with Gasteiger partial charge in [0, 0.05) is 14.1 Å². The van der Waals surface area contributed by atoms with Gasteiger partial charge in [0.1, 0.15) is 10.7 Å². The van der Waals surface area contributed by atoms with E-state index in [2.05, 4.69) is 6.58 Å². The Bertz CT molecular complexity index is 331. The van der Waals surface area contributed by atoms with Gasteiger partial charge >= 0.3 is 0 Å². The van der Waals surface area contributed by atoms with Crippen LogP contribution in [0.25, 0.3) is 0 Å². The van der Waals surface area contributed by atoms with E-state index < -0.39 is 5.92 Å². The van der Waals surface area contributed by atoms with Crippen molar-refractivity contribution in [2.24, 2.45) is 5.92 Å². The molecule has 14 heavy (non-hydrogen) atoms. The summed E-state index contributed by atoms with van der Waals surface area (Å²) in [6.45, 7) is 3.51. The standard InChI is InChI=1S/C10H12ClNO2/c1-4-5-6-9(13)7(11)8(10(6)14)12(2)3/h4,6H,1,5H2,2-3H3/t6-/m1/s1. The quantitative estimate of drug-likeness (QED) is 0.525. The minimum atomic E-state index is -0.655. The summed E-state index contributed by atoms with van der Waals surface area (Å²) in [6, 6.07) is 0. The number of carbonyl (C=O) groups excluding carboxylic acids is 2. The molecule has 3 nitrogen and oxygen atoms in total. The molecule has 1 rings (SSSR count). The molecular formula is C10H12ClNO2. The second-order valence-electron chi connectivity index (χ2n) is 3.36. The number of hydrogen-bond acceptors (Lipinski definition) is 3. The number of rotatable bonds is 3. The lowest BCUT2D eigenvalue weighted by Crippen LogP contribution is -2.22. The zero-order valence-corrected chi connectivity index (χ0v) is 8.97. The van der Waals surface area contributed by atoms with Crippen molar-refractivity contribution >= 4 is 23.2 Å². The normalized spacial score (nSPS) is 21.8. The number of likely N-dealkylation sites (N-methyl/N-ethyl adjacent to an activating group) is 1. The summed E-state index contributed by atoms with van der Waals surface area (Å²) in [4.78, 5) is 24.8. The van der Waals surface area contributed by atoms with E-state index in [1.807, 2.05) is 0 Å². The Hall–Kier alpha value is -1.09. The lowest BCUT2D eigenvalue weighted by atomic mass is 10.0. The van der Waals surface area contributed by atoms with Gasteiger partial charge in [-0.15, -0.1) is 6.58 Å². The van der Waals surface area contributed by atoms with Crippen molar-refractivity contribution < 1.29 is 9.59 Å². The van der Waals surface area contributed by atoms with Crippen LogP contribution in [0.2, 0.25) is 0 Å². The fourth-order valence-electron chi connectivity index (χ4n) is 1.46. The first-order valence-electron chi connectivity index (χ1n) is 4.27. The van der Waals surface area contributed by atoms with Gasteiger partial charge in [0.25, 0.3) is 0 Å². The molecule has 0 radical (unpaired) electrons. The summed E-state index contributed by atoms with van der Waals surface area (Å²) in [6.07, 6.45) is 1.91. The highest BCUT2D eigenvalue weighted by Crippen LogP contribution is 2.30. The maximum atomic E-state index is 11.7. The Balaban J connectivity index is 3.04. The van der Waals surface area contributed by atoms with E-state index in [1.54, 1.807) is 25.1 Å². The summed E-state index contributed by atoms with van der Waals surface area (Å²) in [5.41, 5.74) is 0.309. The first-order chi connectivity index (χ1) is 6.50. The van der Waals surface area contributed by atoms with E-state index in [4.69, 9.17) is 11.6 Å². The van der Waals surface area contributed by atoms with E-state index in [-0.39, 0.29) is 16.6 Å². The van der Waals surface area contributed by atoms with Crippen LogP contribution in [0.1, 0.15) is 6.42 Å². The molecule has 0 amide bonds. The summed E-state index contributed by atoms with van der Waals surface area (Å²) in [5, 5.41) is 0.0480. The van der Waals surface area contributed by atoms with Crippen molar-refractivity contribution in [3.8, 4) is 0 Å². The fourth-order valence-corrected chi connectivity index (χ4v) is 1.85. The van der Waals surface area contributed by atoms with Crippen LogP contribution >= 0.6 is 11.6 Å². The first kappa shape index (κ1) is 11.0. The molecule has 0 heterocycles. The predicted molar refractivity (Wildman–Crippen MR) is 54.9 cm³/mol. The molecule has 0 unspecified atom stereocenters. The van der Waals surface area contributed by atoms with Crippen molar-refractivity contribution in [2.45, 2.75) is 6.42 Å². The molecule has 0 saturated heterocycles. The molecule has 1 atom stereocenters. The van der Waals surface area contributed by atoms with Crippen LogP contribution < -0.4 is 0 Å². The molecular weight excluding hydrogens is 202 g/mol. The van der Waals surface area contributed by atoms with Gasteiger partial charge in [0.05, 0.1) is 5.92 Å². The van der Waals surface area contributed by atoms with Crippen molar-refractivity contribution in [2.75, 3.05) is 14.1 Å². The van der Waals surface area contributed by atoms with Crippen molar-refractivity contribution in [3.05, 3.63) is 23.4 Å². The number of hydrogen-bond donors (Lipinski definition) is 0. The van der Waals surface area contributed by atoms with Gasteiger partial charge in [-0.1, -0.05) is 17.7 Å². The Morgan fingerprint density at radius 1 is 1.43 bits per heavy atom. The maximum Gasteiger partial charge on any atom is 0.191 e. The summed E-state index contributed by atoms with van der Waals surface area (Å²) in [5.74, 6) is -1.15. The second-order valence-corrected chi connectivity index (χ2v) is 3.74. The zero-order valence-electron chi connectivity index (χ0n) is 8.21. The van der Waals surface area contributed by atoms with Gasteiger partial charge in [0.2, 0.25) is 0 Å². The average molecular weight is 214 g/mol. The Kier molecular flexibility index (Phi) is 3.11. The molecule has 1 aliphatic carbocycles. The monoisotopic (exact) mass is 213 g/mol. The number of Topliss-reactive ketones (excluding diaryl/α,β-unsaturated/α-hetero) is 2. The van der Waals surface area contributed by atoms with Gasteiger partial charge in [-0.2, -0.15) is 0 Å². The minimum Gasteiger partial charge on any atom is -0.373 e. The van der Waals surface area contributed by atoms with Gasteiger partial charge < -0.3 is 4.90 Å².